The van der Waals surface area contributed by atoms with Crippen LogP contribution >= 0.6 is 11.8 Å². The third-order valence-electron chi connectivity index (χ3n) is 2.25. The van der Waals surface area contributed by atoms with Crippen LogP contribution in [-0.4, -0.2) is 29.0 Å². The minimum absolute atomic E-state index is 0. The summed E-state index contributed by atoms with van der Waals surface area (Å²) in [5.41, 5.74) is 0. The number of halogens is 1. The van der Waals surface area contributed by atoms with Gasteiger partial charge in [-0.3, -0.25) is 0 Å². The third kappa shape index (κ3) is 3.64. The smallest absolute Gasteiger partial charge is 0.209 e. The van der Waals surface area contributed by atoms with Gasteiger partial charge >= 0.3 is 0 Å². The molecule has 72 valence electrons. The fourth-order valence-electron chi connectivity index (χ4n) is 1.64. The Morgan fingerprint density at radius 3 is 2.25 bits per heavy atom. The first-order valence-electron chi connectivity index (χ1n) is 4.53. The van der Waals surface area contributed by atoms with Crippen molar-refractivity contribution in [2.24, 2.45) is 0 Å². The van der Waals surface area contributed by atoms with E-state index in [-0.39, 0.29) is 24.0 Å². The summed E-state index contributed by atoms with van der Waals surface area (Å²) >= 11 is 1.92. The molecule has 1 rings (SSSR count). The summed E-state index contributed by atoms with van der Waals surface area (Å²) in [7, 11) is 0. The summed E-state index contributed by atoms with van der Waals surface area (Å²) in [5.74, 6) is 0. The van der Waals surface area contributed by atoms with E-state index in [0.29, 0.717) is 0 Å². The van der Waals surface area contributed by atoms with Crippen molar-refractivity contribution in [3.8, 4) is 0 Å². The first-order valence-corrected chi connectivity index (χ1v) is 5.75. The van der Waals surface area contributed by atoms with E-state index >= 15 is 0 Å². The van der Waals surface area contributed by atoms with Crippen molar-refractivity contribution in [3.63, 3.8) is 0 Å². The maximum absolute atomic E-state index is 2.55. The molecule has 1 fully saturated rings. The molecule has 0 bridgehead atoms. The maximum Gasteiger partial charge on any atom is 0.209 e. The molecule has 1 nitrogen and oxygen atoms in total. The van der Waals surface area contributed by atoms with Crippen molar-refractivity contribution in [1.29, 1.82) is 0 Å². The normalized spacial score (nSPS) is 17.0. The Labute approximate surface area is 97.0 Å². The van der Waals surface area contributed by atoms with Crippen LogP contribution in [0.15, 0.2) is 0 Å². The van der Waals surface area contributed by atoms with Gasteiger partial charge in [0.25, 0.3) is 0 Å². The molecular formula is C9H18INS. The highest BCUT2D eigenvalue weighted by atomic mass is 127. The fraction of sp³-hybridized carbons (Fsp3) is 0.889. The number of thioether (sulfide) groups is 1. The van der Waals surface area contributed by atoms with E-state index in [4.69, 9.17) is 0 Å². The van der Waals surface area contributed by atoms with Crippen LogP contribution in [0.4, 0.5) is 0 Å². The Hall–Kier alpha value is 0.750. The van der Waals surface area contributed by atoms with Gasteiger partial charge in [-0.15, -0.1) is 0 Å². The van der Waals surface area contributed by atoms with Crippen molar-refractivity contribution in [3.05, 3.63) is 0 Å². The highest BCUT2D eigenvalue weighted by molar-refractivity contribution is 8.13. The summed E-state index contributed by atoms with van der Waals surface area (Å²) < 4.78 is 2.55. The molecule has 0 atom stereocenters. The van der Waals surface area contributed by atoms with Gasteiger partial charge in [0.05, 0.1) is 0 Å². The van der Waals surface area contributed by atoms with E-state index < -0.39 is 0 Å². The second kappa shape index (κ2) is 7.18. The van der Waals surface area contributed by atoms with Gasteiger partial charge < -0.3 is 24.0 Å². The molecule has 0 aromatic rings. The van der Waals surface area contributed by atoms with Gasteiger partial charge in [0, 0.05) is 19.3 Å². The van der Waals surface area contributed by atoms with Crippen LogP contribution in [0, 0.1) is 0 Å². The molecule has 0 aromatic heterocycles. The third-order valence-corrected chi connectivity index (χ3v) is 3.26. The molecule has 1 heterocycles. The van der Waals surface area contributed by atoms with Crippen molar-refractivity contribution in [2.45, 2.75) is 32.6 Å². The van der Waals surface area contributed by atoms with Crippen LogP contribution in [0.5, 0.6) is 0 Å². The predicted molar refractivity (Wildman–Crippen MR) is 52.7 cm³/mol. The van der Waals surface area contributed by atoms with Crippen molar-refractivity contribution < 1.29 is 28.6 Å². The monoisotopic (exact) mass is 299 g/mol. The Bertz CT molecular complexity index is 143. The molecule has 3 heteroatoms. The summed E-state index contributed by atoms with van der Waals surface area (Å²) in [6.07, 6.45) is 7.62. The molecular weight excluding hydrogens is 281 g/mol. The maximum atomic E-state index is 2.55. The molecule has 0 amide bonds. The number of rotatable bonds is 1. The molecule has 0 unspecified atom stereocenters. The first-order chi connectivity index (χ1) is 5.38. The molecule has 1 aliphatic heterocycles. The number of hydrogen-bond acceptors (Lipinski definition) is 1. The summed E-state index contributed by atoms with van der Waals surface area (Å²) in [6.45, 7) is 4.84. The van der Waals surface area contributed by atoms with Crippen LogP contribution < -0.4 is 24.0 Å². The fourth-order valence-corrected chi connectivity index (χ4v) is 2.37. The van der Waals surface area contributed by atoms with Gasteiger partial charge in [-0.2, -0.15) is 0 Å². The zero-order valence-corrected chi connectivity index (χ0v) is 11.0. The van der Waals surface area contributed by atoms with E-state index in [1.807, 2.05) is 11.8 Å². The summed E-state index contributed by atoms with van der Waals surface area (Å²) in [6, 6.07) is 0. The van der Waals surface area contributed by atoms with E-state index in [9.17, 15) is 0 Å². The van der Waals surface area contributed by atoms with E-state index in [1.165, 1.54) is 38.8 Å². The van der Waals surface area contributed by atoms with Crippen LogP contribution in [0.3, 0.4) is 0 Å². The van der Waals surface area contributed by atoms with E-state index in [2.05, 4.69) is 17.8 Å². The molecule has 0 spiro atoms. The molecule has 0 aliphatic carbocycles. The Balaban J connectivity index is 0.00000121. The number of nitrogens with zero attached hydrogens (tertiary/aromatic N) is 1. The van der Waals surface area contributed by atoms with Crippen molar-refractivity contribution in [2.75, 3.05) is 19.3 Å². The second-order valence-electron chi connectivity index (χ2n) is 3.00. The zero-order valence-electron chi connectivity index (χ0n) is 7.98. The van der Waals surface area contributed by atoms with Gasteiger partial charge in [0.1, 0.15) is 13.1 Å². The highest BCUT2D eigenvalue weighted by Crippen LogP contribution is 2.09. The lowest BCUT2D eigenvalue weighted by molar-refractivity contribution is -0.535. The summed E-state index contributed by atoms with van der Waals surface area (Å²) in [4.78, 5) is 0. The Morgan fingerprint density at radius 2 is 1.83 bits per heavy atom. The van der Waals surface area contributed by atoms with Crippen molar-refractivity contribution >= 4 is 16.8 Å². The van der Waals surface area contributed by atoms with E-state index in [0.717, 1.165) is 0 Å². The van der Waals surface area contributed by atoms with Gasteiger partial charge in [-0.1, -0.05) is 18.7 Å². The SMILES string of the molecule is CCC(SC)=[N+]1CCCCC1.[I-]. The van der Waals surface area contributed by atoms with Crippen LogP contribution in [0.25, 0.3) is 0 Å². The predicted octanol–water partition coefficient (Wildman–Crippen LogP) is -0.642. The first kappa shape index (κ1) is 12.8. The average Bonchev–Trinajstić information content (AvgIpc) is 2.09. The van der Waals surface area contributed by atoms with Gasteiger partial charge in [0.2, 0.25) is 5.04 Å². The minimum atomic E-state index is 0. The highest BCUT2D eigenvalue weighted by Gasteiger charge is 2.15. The minimum Gasteiger partial charge on any atom is -1.00 e. The van der Waals surface area contributed by atoms with Crippen molar-refractivity contribution in [1.82, 2.24) is 0 Å². The van der Waals surface area contributed by atoms with Crippen LogP contribution in [-0.2, 0) is 0 Å². The number of hydrogen-bond donors (Lipinski definition) is 0. The molecule has 0 radical (unpaired) electrons. The largest absolute Gasteiger partial charge is 1.00 e. The summed E-state index contributed by atoms with van der Waals surface area (Å²) in [5, 5.41) is 1.57. The second-order valence-corrected chi connectivity index (χ2v) is 3.88. The standard InChI is InChI=1S/C9H18NS.HI/c1-3-9(11-2)10-7-5-4-6-8-10;/h3-8H2,1-2H3;1H/q+1;/p-1. The van der Waals surface area contributed by atoms with E-state index in [1.54, 1.807) is 5.04 Å². The molecule has 0 N–H and O–H groups in total. The van der Waals surface area contributed by atoms with Crippen LogP contribution in [0.2, 0.25) is 0 Å². The Morgan fingerprint density at radius 1 is 1.25 bits per heavy atom. The zero-order chi connectivity index (χ0) is 8.10. The molecule has 1 saturated heterocycles. The molecule has 0 saturated carbocycles. The lowest BCUT2D eigenvalue weighted by Gasteiger charge is -2.12. The lowest BCUT2D eigenvalue weighted by atomic mass is 10.2. The quantitative estimate of drug-likeness (QED) is 0.354. The van der Waals surface area contributed by atoms with Gasteiger partial charge in [-0.25, -0.2) is 4.58 Å². The van der Waals surface area contributed by atoms with Gasteiger partial charge in [0.15, 0.2) is 0 Å². The molecule has 0 aromatic carbocycles. The topological polar surface area (TPSA) is 3.01 Å². The van der Waals surface area contributed by atoms with Gasteiger partial charge in [-0.05, 0) is 12.7 Å². The molecule has 12 heavy (non-hydrogen) atoms. The lowest BCUT2D eigenvalue weighted by Crippen LogP contribution is -3.00. The average molecular weight is 299 g/mol. The Kier molecular flexibility index (Phi) is 7.63. The molecule has 1 aliphatic rings. The van der Waals surface area contributed by atoms with Crippen LogP contribution in [0.1, 0.15) is 32.6 Å². The number of piperidine rings is 1.